The highest BCUT2D eigenvalue weighted by atomic mass is 16.5. The van der Waals surface area contributed by atoms with Crippen LogP contribution in [0.4, 0.5) is 0 Å². The van der Waals surface area contributed by atoms with Crippen LogP contribution in [0, 0.1) is 0 Å². The number of hydrogen-bond acceptors (Lipinski definition) is 3. The van der Waals surface area contributed by atoms with Crippen LogP contribution in [0.2, 0.25) is 0 Å². The van der Waals surface area contributed by atoms with Crippen molar-refractivity contribution in [3.63, 3.8) is 0 Å². The van der Waals surface area contributed by atoms with Gasteiger partial charge in [0, 0.05) is 6.42 Å². The molecule has 0 aromatic heterocycles. The summed E-state index contributed by atoms with van der Waals surface area (Å²) in [5.74, 6) is 0.606. The van der Waals surface area contributed by atoms with E-state index in [1.165, 1.54) is 7.11 Å². The van der Waals surface area contributed by atoms with E-state index in [0.717, 1.165) is 18.3 Å². The topological polar surface area (TPSA) is 46.5 Å². The van der Waals surface area contributed by atoms with Crippen LogP contribution < -0.4 is 4.74 Å². The number of aldehydes is 1. The zero-order valence-corrected chi connectivity index (χ0v) is 9.99. The molecule has 16 heavy (non-hydrogen) atoms. The lowest BCUT2D eigenvalue weighted by molar-refractivity contribution is -0.108. The Morgan fingerprint density at radius 3 is 2.69 bits per heavy atom. The number of phenolic OH excluding ortho intramolecular Hbond substituents is 1. The summed E-state index contributed by atoms with van der Waals surface area (Å²) in [5.41, 5.74) is 0.964. The van der Waals surface area contributed by atoms with Crippen molar-refractivity contribution in [3.8, 4) is 11.5 Å². The second kappa shape index (κ2) is 5.01. The van der Waals surface area contributed by atoms with Gasteiger partial charge in [-0.25, -0.2) is 0 Å². The fraction of sp³-hybridized carbons (Fsp3) is 0.462. The average molecular weight is 222 g/mol. The highest BCUT2D eigenvalue weighted by Crippen LogP contribution is 2.34. The van der Waals surface area contributed by atoms with E-state index < -0.39 is 0 Å². The molecule has 1 aromatic rings. The molecule has 1 N–H and O–H groups in total. The number of methoxy groups -OCH3 is 1. The van der Waals surface area contributed by atoms with Gasteiger partial charge in [-0.2, -0.15) is 0 Å². The zero-order valence-electron chi connectivity index (χ0n) is 9.99. The van der Waals surface area contributed by atoms with Gasteiger partial charge in [0.25, 0.3) is 0 Å². The largest absolute Gasteiger partial charge is 0.504 e. The Morgan fingerprint density at radius 2 is 2.12 bits per heavy atom. The van der Waals surface area contributed by atoms with E-state index in [-0.39, 0.29) is 11.2 Å². The third-order valence-corrected chi connectivity index (χ3v) is 2.85. The first-order valence-corrected chi connectivity index (χ1v) is 5.32. The first kappa shape index (κ1) is 12.6. The first-order chi connectivity index (χ1) is 7.51. The monoisotopic (exact) mass is 222 g/mol. The molecule has 1 aromatic carbocycles. The van der Waals surface area contributed by atoms with Crippen molar-refractivity contribution in [3.05, 3.63) is 23.8 Å². The maximum atomic E-state index is 10.4. The Kier molecular flexibility index (Phi) is 3.93. The fourth-order valence-corrected chi connectivity index (χ4v) is 1.66. The Bertz CT molecular complexity index is 369. The van der Waals surface area contributed by atoms with Crippen LogP contribution in [0.25, 0.3) is 0 Å². The van der Waals surface area contributed by atoms with Gasteiger partial charge in [-0.3, -0.25) is 0 Å². The Balaban J connectivity index is 2.98. The predicted molar refractivity (Wildman–Crippen MR) is 63.0 cm³/mol. The van der Waals surface area contributed by atoms with Crippen LogP contribution in [0.1, 0.15) is 32.3 Å². The van der Waals surface area contributed by atoms with Crippen molar-refractivity contribution in [2.75, 3.05) is 7.11 Å². The molecule has 3 heteroatoms. The maximum Gasteiger partial charge on any atom is 0.160 e. The van der Waals surface area contributed by atoms with E-state index in [9.17, 15) is 9.90 Å². The van der Waals surface area contributed by atoms with E-state index >= 15 is 0 Å². The van der Waals surface area contributed by atoms with Crippen LogP contribution in [0.5, 0.6) is 11.5 Å². The molecule has 0 saturated heterocycles. The number of ether oxygens (including phenoxy) is 1. The van der Waals surface area contributed by atoms with Gasteiger partial charge in [-0.05, 0) is 29.5 Å². The molecule has 88 valence electrons. The van der Waals surface area contributed by atoms with Gasteiger partial charge in [0.15, 0.2) is 11.5 Å². The Hall–Kier alpha value is -1.51. The number of hydrogen-bond donors (Lipinski definition) is 1. The van der Waals surface area contributed by atoms with Gasteiger partial charge in [0.2, 0.25) is 0 Å². The maximum absolute atomic E-state index is 10.4. The van der Waals surface area contributed by atoms with Crippen LogP contribution in [0.15, 0.2) is 18.2 Å². The summed E-state index contributed by atoms with van der Waals surface area (Å²) < 4.78 is 5.07. The molecule has 0 aliphatic carbocycles. The third-order valence-electron chi connectivity index (χ3n) is 2.85. The van der Waals surface area contributed by atoms with Gasteiger partial charge in [0.05, 0.1) is 7.11 Å². The van der Waals surface area contributed by atoms with Crippen LogP contribution in [-0.2, 0) is 10.2 Å². The molecule has 0 saturated carbocycles. The first-order valence-electron chi connectivity index (χ1n) is 5.32. The van der Waals surface area contributed by atoms with Crippen molar-refractivity contribution in [2.24, 2.45) is 0 Å². The van der Waals surface area contributed by atoms with Crippen LogP contribution >= 0.6 is 0 Å². The summed E-state index contributed by atoms with van der Waals surface area (Å²) in [6.07, 6.45) is 2.25. The molecule has 3 nitrogen and oxygen atoms in total. The Morgan fingerprint density at radius 1 is 1.44 bits per heavy atom. The minimum Gasteiger partial charge on any atom is -0.504 e. The molecule has 0 aliphatic heterocycles. The van der Waals surface area contributed by atoms with Crippen molar-refractivity contribution in [2.45, 2.75) is 32.1 Å². The zero-order chi connectivity index (χ0) is 12.2. The number of aromatic hydroxyl groups is 1. The second-order valence-electron chi connectivity index (χ2n) is 4.48. The van der Waals surface area contributed by atoms with Crippen molar-refractivity contribution < 1.29 is 14.6 Å². The molecular formula is C13H18O3. The normalized spacial score (nSPS) is 11.2. The van der Waals surface area contributed by atoms with Gasteiger partial charge in [-0.15, -0.1) is 0 Å². The molecule has 0 heterocycles. The number of benzene rings is 1. The molecule has 1 rings (SSSR count). The lowest BCUT2D eigenvalue weighted by Crippen LogP contribution is -2.17. The number of rotatable bonds is 5. The average Bonchev–Trinajstić information content (AvgIpc) is 2.27. The van der Waals surface area contributed by atoms with E-state index in [0.29, 0.717) is 12.2 Å². The molecule has 0 radical (unpaired) electrons. The third kappa shape index (κ3) is 2.75. The highest BCUT2D eigenvalue weighted by Gasteiger charge is 2.21. The van der Waals surface area contributed by atoms with E-state index in [2.05, 4.69) is 13.8 Å². The van der Waals surface area contributed by atoms with Crippen molar-refractivity contribution in [1.29, 1.82) is 0 Å². The lowest BCUT2D eigenvalue weighted by Gasteiger charge is -2.25. The number of carbonyl (C=O) groups excluding carboxylic acids is 1. The molecule has 0 fully saturated rings. The van der Waals surface area contributed by atoms with Gasteiger partial charge in [0.1, 0.15) is 6.29 Å². The quantitative estimate of drug-likeness (QED) is 0.779. The Labute approximate surface area is 96.1 Å². The molecule has 0 spiro atoms. The standard InChI is InChI=1S/C13H18O3/c1-13(2,7-4-8-14)10-5-6-11(15)12(9-10)16-3/h5-6,8-9,15H,4,7H2,1-3H3. The number of phenols is 1. The summed E-state index contributed by atoms with van der Waals surface area (Å²) in [4.78, 5) is 10.4. The molecular weight excluding hydrogens is 204 g/mol. The van der Waals surface area contributed by atoms with E-state index in [1.807, 2.05) is 12.1 Å². The summed E-state index contributed by atoms with van der Waals surface area (Å²) in [6, 6.07) is 5.31. The fourth-order valence-electron chi connectivity index (χ4n) is 1.66. The second-order valence-corrected chi connectivity index (χ2v) is 4.48. The van der Waals surface area contributed by atoms with Gasteiger partial charge < -0.3 is 14.6 Å². The van der Waals surface area contributed by atoms with E-state index in [1.54, 1.807) is 6.07 Å². The van der Waals surface area contributed by atoms with Crippen LogP contribution in [0.3, 0.4) is 0 Å². The summed E-state index contributed by atoms with van der Waals surface area (Å²) in [5, 5.41) is 9.50. The van der Waals surface area contributed by atoms with Gasteiger partial charge in [-0.1, -0.05) is 19.9 Å². The molecule has 0 unspecified atom stereocenters. The molecule has 0 amide bonds. The van der Waals surface area contributed by atoms with Crippen LogP contribution in [-0.4, -0.2) is 18.5 Å². The molecule has 0 bridgehead atoms. The minimum atomic E-state index is -0.0953. The molecule has 0 atom stereocenters. The lowest BCUT2D eigenvalue weighted by atomic mass is 9.80. The summed E-state index contributed by atoms with van der Waals surface area (Å²) >= 11 is 0. The van der Waals surface area contributed by atoms with Crippen molar-refractivity contribution >= 4 is 6.29 Å². The summed E-state index contributed by atoms with van der Waals surface area (Å²) in [7, 11) is 1.53. The number of carbonyl (C=O) groups is 1. The minimum absolute atomic E-state index is 0.0953. The highest BCUT2D eigenvalue weighted by molar-refractivity contribution is 5.50. The van der Waals surface area contributed by atoms with E-state index in [4.69, 9.17) is 4.74 Å². The SMILES string of the molecule is COc1cc(C(C)(C)CCC=O)ccc1O. The summed E-state index contributed by atoms with van der Waals surface area (Å²) in [6.45, 7) is 4.14. The van der Waals surface area contributed by atoms with Gasteiger partial charge >= 0.3 is 0 Å². The van der Waals surface area contributed by atoms with Crippen molar-refractivity contribution in [1.82, 2.24) is 0 Å². The molecule has 0 aliphatic rings. The smallest absolute Gasteiger partial charge is 0.160 e. The predicted octanol–water partition coefficient (Wildman–Crippen LogP) is 2.66.